The summed E-state index contributed by atoms with van der Waals surface area (Å²) in [7, 11) is 0. The number of rotatable bonds is 5. The van der Waals surface area contributed by atoms with E-state index in [1.54, 1.807) is 12.2 Å². The van der Waals surface area contributed by atoms with Gasteiger partial charge in [-0.3, -0.25) is 0 Å². The van der Waals surface area contributed by atoms with Crippen LogP contribution in [0.15, 0.2) is 60.7 Å². The van der Waals surface area contributed by atoms with Crippen LogP contribution in [0.3, 0.4) is 0 Å². The maximum absolute atomic E-state index is 8.52. The zero-order chi connectivity index (χ0) is 12.7. The first kappa shape index (κ1) is 12.8. The lowest BCUT2D eigenvalue weighted by molar-refractivity contribution is 0.356. The third-order valence-electron chi connectivity index (χ3n) is 2.11. The van der Waals surface area contributed by atoms with Crippen molar-refractivity contribution in [1.29, 1.82) is 5.26 Å². The molecule has 0 aromatic heterocycles. The summed E-state index contributed by atoms with van der Waals surface area (Å²) in [6.45, 7) is 9.80. The summed E-state index contributed by atoms with van der Waals surface area (Å²) in [6, 6.07) is 9.75. The van der Waals surface area contributed by atoms with Gasteiger partial charge in [0.2, 0.25) is 0 Å². The maximum atomic E-state index is 8.52. The zero-order valence-electron chi connectivity index (χ0n) is 9.94. The molecule has 2 heteroatoms. The molecule has 0 fully saturated rings. The Kier molecular flexibility index (Phi) is 4.77. The van der Waals surface area contributed by atoms with Crippen molar-refractivity contribution in [1.82, 2.24) is 0 Å². The average Bonchev–Trinajstić information content (AvgIpc) is 2.35. The number of hydrogen-bond donors (Lipinski definition) is 0. The monoisotopic (exact) mass is 225 g/mol. The van der Waals surface area contributed by atoms with Gasteiger partial charge >= 0.3 is 0 Å². The Hall–Kier alpha value is -2.27. The van der Waals surface area contributed by atoms with Crippen LogP contribution in [-0.2, 0) is 0 Å². The molecule has 0 aliphatic heterocycles. The van der Waals surface area contributed by atoms with Gasteiger partial charge in [-0.05, 0) is 30.7 Å². The fourth-order valence-corrected chi connectivity index (χ4v) is 1.11. The van der Waals surface area contributed by atoms with Crippen LogP contribution in [0.4, 0.5) is 0 Å². The molecule has 0 heterocycles. The Morgan fingerprint density at radius 1 is 1.29 bits per heavy atom. The molecule has 0 atom stereocenters. The second-order valence-electron chi connectivity index (χ2n) is 3.73. The van der Waals surface area contributed by atoms with Crippen molar-refractivity contribution in [3.8, 4) is 11.8 Å². The number of nitrogens with zero attached hydrogens (tertiary/aromatic N) is 1. The predicted octanol–water partition coefficient (Wildman–Crippen LogP) is 3.57. The van der Waals surface area contributed by atoms with Crippen LogP contribution in [0, 0.1) is 18.3 Å². The molecule has 0 saturated carbocycles. The first-order valence-corrected chi connectivity index (χ1v) is 5.26. The van der Waals surface area contributed by atoms with Crippen LogP contribution >= 0.6 is 0 Å². The van der Waals surface area contributed by atoms with E-state index in [9.17, 15) is 0 Å². The van der Waals surface area contributed by atoms with Crippen LogP contribution in [0.1, 0.15) is 5.56 Å². The molecule has 2 nitrogen and oxygen atoms in total. The van der Waals surface area contributed by atoms with E-state index >= 15 is 0 Å². The lowest BCUT2D eigenvalue weighted by Gasteiger charge is -2.05. The van der Waals surface area contributed by atoms with Gasteiger partial charge in [0.15, 0.2) is 0 Å². The van der Waals surface area contributed by atoms with Crippen molar-refractivity contribution >= 4 is 0 Å². The van der Waals surface area contributed by atoms with Crippen molar-refractivity contribution in [3.05, 3.63) is 66.3 Å². The maximum Gasteiger partial charge on any atom is 0.119 e. The minimum Gasteiger partial charge on any atom is -0.489 e. The van der Waals surface area contributed by atoms with E-state index in [2.05, 4.69) is 13.2 Å². The van der Waals surface area contributed by atoms with Crippen molar-refractivity contribution in [2.24, 2.45) is 0 Å². The number of benzene rings is 1. The zero-order valence-corrected chi connectivity index (χ0v) is 9.94. The molecule has 0 unspecified atom stereocenters. The van der Waals surface area contributed by atoms with Crippen molar-refractivity contribution in [3.63, 3.8) is 0 Å². The highest BCUT2D eigenvalue weighted by atomic mass is 16.5. The van der Waals surface area contributed by atoms with Gasteiger partial charge in [-0.25, -0.2) is 0 Å². The minimum absolute atomic E-state index is 0.401. The molecule has 0 N–H and O–H groups in total. The van der Waals surface area contributed by atoms with E-state index in [0.717, 1.165) is 11.3 Å². The SMILES string of the molecule is C=C(C#N)/C=C\C(=C)COc1ccc(C)cc1. The van der Waals surface area contributed by atoms with Gasteiger partial charge in [-0.1, -0.05) is 36.9 Å². The standard InChI is InChI=1S/C15H15NO/c1-12-6-8-15(9-7-12)17-11-14(3)5-4-13(2)10-16/h4-9H,2-3,11H2,1H3/b5-4-. The van der Waals surface area contributed by atoms with Gasteiger partial charge in [0.05, 0.1) is 6.07 Å². The van der Waals surface area contributed by atoms with Gasteiger partial charge in [0.25, 0.3) is 0 Å². The van der Waals surface area contributed by atoms with E-state index in [0.29, 0.717) is 12.2 Å². The first-order valence-electron chi connectivity index (χ1n) is 5.26. The van der Waals surface area contributed by atoms with E-state index in [-0.39, 0.29) is 0 Å². The average molecular weight is 225 g/mol. The lowest BCUT2D eigenvalue weighted by atomic mass is 10.2. The Balaban J connectivity index is 2.44. The number of nitriles is 1. The summed E-state index contributed by atoms with van der Waals surface area (Å²) >= 11 is 0. The highest BCUT2D eigenvalue weighted by molar-refractivity contribution is 5.34. The summed E-state index contributed by atoms with van der Waals surface area (Å²) in [5.74, 6) is 0.809. The Labute approximate surface area is 102 Å². The number of hydrogen-bond acceptors (Lipinski definition) is 2. The van der Waals surface area contributed by atoms with Gasteiger partial charge in [-0.2, -0.15) is 5.26 Å². The molecule has 0 aliphatic carbocycles. The van der Waals surface area contributed by atoms with Gasteiger partial charge in [-0.15, -0.1) is 0 Å². The van der Waals surface area contributed by atoms with E-state index in [1.807, 2.05) is 37.3 Å². The van der Waals surface area contributed by atoms with E-state index in [4.69, 9.17) is 10.00 Å². The molecule has 0 bridgehead atoms. The highest BCUT2D eigenvalue weighted by Gasteiger charge is 1.94. The molecular formula is C15H15NO. The summed E-state index contributed by atoms with van der Waals surface area (Å²) in [4.78, 5) is 0. The molecular weight excluding hydrogens is 210 g/mol. The van der Waals surface area contributed by atoms with Crippen LogP contribution < -0.4 is 4.74 Å². The fraction of sp³-hybridized carbons (Fsp3) is 0.133. The Bertz CT molecular complexity index is 475. The van der Waals surface area contributed by atoms with Crippen molar-refractivity contribution in [2.75, 3.05) is 6.61 Å². The quantitative estimate of drug-likeness (QED) is 0.567. The van der Waals surface area contributed by atoms with E-state index in [1.165, 1.54) is 5.56 Å². The lowest BCUT2D eigenvalue weighted by Crippen LogP contribution is -1.98. The van der Waals surface area contributed by atoms with Crippen LogP contribution in [0.2, 0.25) is 0 Å². The third-order valence-corrected chi connectivity index (χ3v) is 2.11. The normalized spacial score (nSPS) is 9.88. The summed E-state index contributed by atoms with van der Waals surface area (Å²) in [6.07, 6.45) is 3.36. The summed E-state index contributed by atoms with van der Waals surface area (Å²) < 4.78 is 5.53. The second-order valence-corrected chi connectivity index (χ2v) is 3.73. The molecule has 1 rings (SSSR count). The molecule has 1 aromatic carbocycles. The molecule has 0 radical (unpaired) electrons. The summed E-state index contributed by atoms with van der Waals surface area (Å²) in [5.41, 5.74) is 2.39. The topological polar surface area (TPSA) is 33.0 Å². The van der Waals surface area contributed by atoms with Crippen LogP contribution in [0.25, 0.3) is 0 Å². The smallest absolute Gasteiger partial charge is 0.119 e. The minimum atomic E-state index is 0.401. The Morgan fingerprint density at radius 2 is 1.94 bits per heavy atom. The summed E-state index contributed by atoms with van der Waals surface area (Å²) in [5, 5.41) is 8.52. The van der Waals surface area contributed by atoms with Gasteiger partial charge < -0.3 is 4.74 Å². The molecule has 0 aliphatic rings. The largest absolute Gasteiger partial charge is 0.489 e. The van der Waals surface area contributed by atoms with Crippen molar-refractivity contribution < 1.29 is 4.74 Å². The number of aryl methyl sites for hydroxylation is 1. The van der Waals surface area contributed by atoms with E-state index < -0.39 is 0 Å². The molecule has 0 spiro atoms. The predicted molar refractivity (Wildman–Crippen MR) is 69.7 cm³/mol. The first-order chi connectivity index (χ1) is 8.11. The molecule has 1 aromatic rings. The van der Waals surface area contributed by atoms with Gasteiger partial charge in [0, 0.05) is 5.57 Å². The number of allylic oxidation sites excluding steroid dienone is 2. The third kappa shape index (κ3) is 4.85. The second kappa shape index (κ2) is 6.34. The molecule has 0 amide bonds. The number of ether oxygens (including phenoxy) is 1. The highest BCUT2D eigenvalue weighted by Crippen LogP contribution is 2.12. The molecule has 17 heavy (non-hydrogen) atoms. The fourth-order valence-electron chi connectivity index (χ4n) is 1.11. The van der Waals surface area contributed by atoms with Crippen LogP contribution in [0.5, 0.6) is 5.75 Å². The van der Waals surface area contributed by atoms with Crippen LogP contribution in [-0.4, -0.2) is 6.61 Å². The van der Waals surface area contributed by atoms with Crippen molar-refractivity contribution in [2.45, 2.75) is 6.92 Å². The molecule has 0 saturated heterocycles. The molecule has 86 valence electrons. The van der Waals surface area contributed by atoms with Gasteiger partial charge in [0.1, 0.15) is 12.4 Å². The Morgan fingerprint density at radius 3 is 2.53 bits per heavy atom.